The van der Waals surface area contributed by atoms with Gasteiger partial charge in [0.05, 0.1) is 12.0 Å². The lowest BCUT2D eigenvalue weighted by molar-refractivity contribution is -0.122. The number of hydrogen-bond acceptors (Lipinski definition) is 3. The quantitative estimate of drug-likeness (QED) is 0.900. The summed E-state index contributed by atoms with van der Waals surface area (Å²) in [6.45, 7) is 0.759. The van der Waals surface area contributed by atoms with E-state index in [-0.39, 0.29) is 17.9 Å². The number of nitrogens with one attached hydrogen (secondary N) is 1. The first kappa shape index (κ1) is 14.0. The molecular weight excluding hydrogens is 270 g/mol. The SMILES string of the molecule is O=C(NCC1CCC(O)CC1)C1CSc2ccccc21. The Hall–Kier alpha value is -1.00. The maximum atomic E-state index is 12.3. The van der Waals surface area contributed by atoms with Crippen LogP contribution in [0.5, 0.6) is 0 Å². The zero-order valence-electron chi connectivity index (χ0n) is 11.5. The van der Waals surface area contributed by atoms with E-state index in [1.54, 1.807) is 11.8 Å². The van der Waals surface area contributed by atoms with Gasteiger partial charge in [0.25, 0.3) is 0 Å². The molecule has 1 heterocycles. The van der Waals surface area contributed by atoms with E-state index >= 15 is 0 Å². The van der Waals surface area contributed by atoms with Crippen LogP contribution in [0.1, 0.15) is 37.2 Å². The monoisotopic (exact) mass is 291 g/mol. The van der Waals surface area contributed by atoms with Gasteiger partial charge < -0.3 is 10.4 Å². The second-order valence-electron chi connectivity index (χ2n) is 5.82. The average Bonchev–Trinajstić information content (AvgIpc) is 2.90. The Kier molecular flexibility index (Phi) is 4.32. The molecule has 1 aliphatic carbocycles. The summed E-state index contributed by atoms with van der Waals surface area (Å²) in [5.74, 6) is 1.56. The number of rotatable bonds is 3. The van der Waals surface area contributed by atoms with Crippen LogP contribution in [0.4, 0.5) is 0 Å². The van der Waals surface area contributed by atoms with Crippen molar-refractivity contribution in [2.45, 2.75) is 42.6 Å². The van der Waals surface area contributed by atoms with Gasteiger partial charge in [-0.15, -0.1) is 11.8 Å². The lowest BCUT2D eigenvalue weighted by atomic mass is 9.87. The number of carbonyl (C=O) groups excluding carboxylic acids is 1. The second kappa shape index (κ2) is 6.19. The smallest absolute Gasteiger partial charge is 0.228 e. The molecule has 1 aromatic rings. The number of hydrogen-bond donors (Lipinski definition) is 2. The summed E-state index contributed by atoms with van der Waals surface area (Å²) in [5.41, 5.74) is 1.18. The van der Waals surface area contributed by atoms with Gasteiger partial charge in [-0.25, -0.2) is 0 Å². The molecule has 2 N–H and O–H groups in total. The van der Waals surface area contributed by atoms with Crippen LogP contribution in [0.15, 0.2) is 29.2 Å². The fourth-order valence-electron chi connectivity index (χ4n) is 3.10. The van der Waals surface area contributed by atoms with Gasteiger partial charge >= 0.3 is 0 Å². The standard InChI is InChI=1S/C16H21NO2S/c18-12-7-5-11(6-8-12)9-17-16(19)14-10-20-15-4-2-1-3-13(14)15/h1-4,11-12,14,18H,5-10H2,(H,17,19). The molecule has 1 aromatic carbocycles. The molecule has 1 fully saturated rings. The fourth-order valence-corrected chi connectivity index (χ4v) is 4.33. The molecule has 1 unspecified atom stereocenters. The Morgan fingerprint density at radius 1 is 1.25 bits per heavy atom. The molecular formula is C16H21NO2S. The molecule has 0 aromatic heterocycles. The Morgan fingerprint density at radius 2 is 2.00 bits per heavy atom. The van der Waals surface area contributed by atoms with E-state index in [1.807, 2.05) is 12.1 Å². The molecule has 1 amide bonds. The molecule has 1 aliphatic heterocycles. The first-order valence-corrected chi connectivity index (χ1v) is 8.40. The summed E-state index contributed by atoms with van der Waals surface area (Å²) >= 11 is 1.77. The van der Waals surface area contributed by atoms with Gasteiger partial charge in [0.1, 0.15) is 0 Å². The molecule has 0 bridgehead atoms. The number of carbonyl (C=O) groups is 1. The first-order valence-electron chi connectivity index (χ1n) is 7.41. The minimum absolute atomic E-state index is 0.00498. The highest BCUT2D eigenvalue weighted by atomic mass is 32.2. The molecule has 2 aliphatic rings. The summed E-state index contributed by atoms with van der Waals surface area (Å²) < 4.78 is 0. The third-order valence-corrected chi connectivity index (χ3v) is 5.58. The normalized spacial score (nSPS) is 28.9. The fraction of sp³-hybridized carbons (Fsp3) is 0.562. The highest BCUT2D eigenvalue weighted by Gasteiger charge is 2.29. The van der Waals surface area contributed by atoms with Crippen molar-refractivity contribution in [2.24, 2.45) is 5.92 Å². The Labute approximate surface area is 124 Å². The number of benzene rings is 1. The van der Waals surface area contributed by atoms with Crippen molar-refractivity contribution < 1.29 is 9.90 Å². The Bertz CT molecular complexity index is 483. The predicted octanol–water partition coefficient (Wildman–Crippen LogP) is 2.54. The largest absolute Gasteiger partial charge is 0.393 e. The summed E-state index contributed by atoms with van der Waals surface area (Å²) in [6.07, 6.45) is 3.68. The molecule has 1 atom stereocenters. The van der Waals surface area contributed by atoms with Gasteiger partial charge in [-0.1, -0.05) is 18.2 Å². The van der Waals surface area contributed by atoms with E-state index in [2.05, 4.69) is 17.4 Å². The van der Waals surface area contributed by atoms with Crippen LogP contribution in [0.2, 0.25) is 0 Å². The molecule has 108 valence electrons. The van der Waals surface area contributed by atoms with Gasteiger partial charge in [0.2, 0.25) is 5.91 Å². The Balaban J connectivity index is 1.53. The zero-order chi connectivity index (χ0) is 13.9. The van der Waals surface area contributed by atoms with Crippen molar-refractivity contribution in [3.8, 4) is 0 Å². The van der Waals surface area contributed by atoms with E-state index < -0.39 is 0 Å². The minimum atomic E-state index is -0.125. The molecule has 0 spiro atoms. The number of aliphatic hydroxyl groups is 1. The summed E-state index contributed by atoms with van der Waals surface area (Å²) in [4.78, 5) is 13.6. The number of fused-ring (bicyclic) bond motifs is 1. The van der Waals surface area contributed by atoms with Gasteiger partial charge in [-0.3, -0.25) is 4.79 Å². The van der Waals surface area contributed by atoms with Crippen LogP contribution in [-0.4, -0.2) is 29.4 Å². The Morgan fingerprint density at radius 3 is 2.80 bits per heavy atom. The number of amides is 1. The van der Waals surface area contributed by atoms with Crippen molar-refractivity contribution in [2.75, 3.05) is 12.3 Å². The highest BCUT2D eigenvalue weighted by Crippen LogP contribution is 2.39. The van der Waals surface area contributed by atoms with Crippen molar-refractivity contribution in [1.82, 2.24) is 5.32 Å². The maximum absolute atomic E-state index is 12.3. The molecule has 1 saturated carbocycles. The number of thioether (sulfide) groups is 1. The topological polar surface area (TPSA) is 49.3 Å². The van der Waals surface area contributed by atoms with Crippen molar-refractivity contribution in [3.63, 3.8) is 0 Å². The van der Waals surface area contributed by atoms with Crippen LogP contribution in [0, 0.1) is 5.92 Å². The van der Waals surface area contributed by atoms with Crippen molar-refractivity contribution in [3.05, 3.63) is 29.8 Å². The van der Waals surface area contributed by atoms with Crippen molar-refractivity contribution >= 4 is 17.7 Å². The van der Waals surface area contributed by atoms with Gasteiger partial charge in [-0.05, 0) is 43.2 Å². The molecule has 0 radical (unpaired) electrons. The predicted molar refractivity (Wildman–Crippen MR) is 80.9 cm³/mol. The molecule has 3 rings (SSSR count). The average molecular weight is 291 g/mol. The molecule has 3 nitrogen and oxygen atoms in total. The summed E-state index contributed by atoms with van der Waals surface area (Å²) in [7, 11) is 0. The minimum Gasteiger partial charge on any atom is -0.393 e. The van der Waals surface area contributed by atoms with E-state index in [4.69, 9.17) is 0 Å². The lowest BCUT2D eigenvalue weighted by Crippen LogP contribution is -2.35. The van der Waals surface area contributed by atoms with E-state index in [0.29, 0.717) is 5.92 Å². The second-order valence-corrected chi connectivity index (χ2v) is 6.88. The first-order chi connectivity index (χ1) is 9.74. The highest BCUT2D eigenvalue weighted by molar-refractivity contribution is 7.99. The van der Waals surface area contributed by atoms with Crippen molar-refractivity contribution in [1.29, 1.82) is 0 Å². The molecule has 4 heteroatoms. The molecule has 20 heavy (non-hydrogen) atoms. The lowest BCUT2D eigenvalue weighted by Gasteiger charge is -2.26. The summed E-state index contributed by atoms with van der Waals surface area (Å²) in [6, 6.07) is 8.19. The van der Waals surface area contributed by atoms with Crippen LogP contribution < -0.4 is 5.32 Å². The van der Waals surface area contributed by atoms with E-state index in [1.165, 1.54) is 10.5 Å². The third-order valence-electron chi connectivity index (χ3n) is 4.40. The van der Waals surface area contributed by atoms with Crippen LogP contribution >= 0.6 is 11.8 Å². The molecule has 0 saturated heterocycles. The van der Waals surface area contributed by atoms with Gasteiger partial charge in [-0.2, -0.15) is 0 Å². The zero-order valence-corrected chi connectivity index (χ0v) is 12.4. The van der Waals surface area contributed by atoms with E-state index in [0.717, 1.165) is 38.0 Å². The van der Waals surface area contributed by atoms with Gasteiger partial charge in [0, 0.05) is 17.2 Å². The summed E-state index contributed by atoms with van der Waals surface area (Å²) in [5, 5.41) is 12.6. The van der Waals surface area contributed by atoms with Gasteiger partial charge in [0.15, 0.2) is 0 Å². The van der Waals surface area contributed by atoms with Crippen LogP contribution in [0.3, 0.4) is 0 Å². The third kappa shape index (κ3) is 3.01. The van der Waals surface area contributed by atoms with E-state index in [9.17, 15) is 9.90 Å². The van der Waals surface area contributed by atoms with Crippen LogP contribution in [0.25, 0.3) is 0 Å². The van der Waals surface area contributed by atoms with Crippen LogP contribution in [-0.2, 0) is 4.79 Å². The maximum Gasteiger partial charge on any atom is 0.228 e. The number of aliphatic hydroxyl groups excluding tert-OH is 1.